The second-order valence-electron chi connectivity index (χ2n) is 2.87. The van der Waals surface area contributed by atoms with Gasteiger partial charge in [-0.25, -0.2) is 4.98 Å². The number of rotatable bonds is 7. The lowest BCUT2D eigenvalue weighted by Gasteiger charge is -2.17. The maximum absolute atomic E-state index is 5.69. The zero-order chi connectivity index (χ0) is 11.8. The molecule has 0 radical (unpaired) electrons. The predicted molar refractivity (Wildman–Crippen MR) is 65.3 cm³/mol. The Labute approximate surface area is 110 Å². The number of hydrogen-bond donors (Lipinski definition) is 0. The summed E-state index contributed by atoms with van der Waals surface area (Å²) >= 11 is 16.8. The van der Waals surface area contributed by atoms with Gasteiger partial charge in [0.15, 0.2) is 6.29 Å². The van der Waals surface area contributed by atoms with Crippen LogP contribution in [0.3, 0.4) is 0 Å². The van der Waals surface area contributed by atoms with Crippen LogP contribution in [-0.2, 0) is 9.47 Å². The first-order valence-electron chi connectivity index (χ1n) is 4.74. The van der Waals surface area contributed by atoms with Crippen LogP contribution in [0.5, 0.6) is 0 Å². The fourth-order valence-electron chi connectivity index (χ4n) is 1.07. The van der Waals surface area contributed by atoms with Gasteiger partial charge in [0.25, 0.3) is 0 Å². The molecule has 0 saturated carbocycles. The second-order valence-corrected chi connectivity index (χ2v) is 4.01. The molecule has 90 valence electrons. The van der Waals surface area contributed by atoms with E-state index in [1.54, 1.807) is 18.3 Å². The minimum atomic E-state index is -0.498. The van der Waals surface area contributed by atoms with Gasteiger partial charge < -0.3 is 9.47 Å². The zero-order valence-corrected chi connectivity index (χ0v) is 10.8. The van der Waals surface area contributed by atoms with Gasteiger partial charge in [0.05, 0.1) is 13.2 Å². The Hall–Kier alpha value is -0.0600. The van der Waals surface area contributed by atoms with Gasteiger partial charge in [-0.15, -0.1) is 23.2 Å². The quantitative estimate of drug-likeness (QED) is 0.437. The van der Waals surface area contributed by atoms with Crippen molar-refractivity contribution in [3.8, 4) is 0 Å². The van der Waals surface area contributed by atoms with Crippen LogP contribution in [-0.4, -0.2) is 30.0 Å². The third-order valence-corrected chi connectivity index (χ3v) is 2.25. The fourth-order valence-corrected chi connectivity index (χ4v) is 1.36. The van der Waals surface area contributed by atoms with Crippen LogP contribution in [0.4, 0.5) is 0 Å². The lowest BCUT2D eigenvalue weighted by molar-refractivity contribution is -0.139. The first-order chi connectivity index (χ1) is 7.77. The predicted octanol–water partition coefficient (Wildman–Crippen LogP) is 3.24. The average molecular weight is 285 g/mol. The molecule has 1 aromatic rings. The molecular weight excluding hydrogens is 272 g/mol. The molecule has 0 atom stereocenters. The van der Waals surface area contributed by atoms with Crippen LogP contribution in [0.2, 0.25) is 5.15 Å². The molecule has 0 aliphatic rings. The highest BCUT2D eigenvalue weighted by Crippen LogP contribution is 2.19. The standard InChI is InChI=1S/C10H12Cl3NO2/c11-3-5-15-10(16-6-4-12)8-1-2-9(13)14-7-8/h1-2,7,10H,3-6H2. The summed E-state index contributed by atoms with van der Waals surface area (Å²) in [6.07, 6.45) is 1.11. The maximum atomic E-state index is 5.69. The number of alkyl halides is 2. The summed E-state index contributed by atoms with van der Waals surface area (Å²) < 4.78 is 10.8. The molecule has 1 aromatic heterocycles. The molecule has 0 saturated heterocycles. The van der Waals surface area contributed by atoms with E-state index < -0.39 is 6.29 Å². The Balaban J connectivity index is 2.62. The molecule has 6 heteroatoms. The molecule has 0 aliphatic heterocycles. The van der Waals surface area contributed by atoms with Crippen molar-refractivity contribution in [2.45, 2.75) is 6.29 Å². The number of halogens is 3. The number of hydrogen-bond acceptors (Lipinski definition) is 3. The van der Waals surface area contributed by atoms with Crippen LogP contribution in [0, 0.1) is 0 Å². The van der Waals surface area contributed by atoms with Gasteiger partial charge in [-0.3, -0.25) is 0 Å². The Bertz CT molecular complexity index is 287. The largest absolute Gasteiger partial charge is 0.347 e. The van der Waals surface area contributed by atoms with E-state index in [1.165, 1.54) is 0 Å². The topological polar surface area (TPSA) is 31.4 Å². The first-order valence-corrected chi connectivity index (χ1v) is 6.19. The molecule has 3 nitrogen and oxygen atoms in total. The Morgan fingerprint density at radius 1 is 1.12 bits per heavy atom. The molecule has 0 unspecified atom stereocenters. The molecule has 0 amide bonds. The van der Waals surface area contributed by atoms with Crippen molar-refractivity contribution in [3.05, 3.63) is 29.0 Å². The van der Waals surface area contributed by atoms with Crippen LogP contribution in [0.1, 0.15) is 11.9 Å². The number of ether oxygens (including phenoxy) is 2. The molecule has 1 rings (SSSR count). The van der Waals surface area contributed by atoms with E-state index in [9.17, 15) is 0 Å². The number of pyridine rings is 1. The van der Waals surface area contributed by atoms with Gasteiger partial charge in [0, 0.05) is 23.5 Å². The first kappa shape index (κ1) is 14.0. The van der Waals surface area contributed by atoms with E-state index in [0.717, 1.165) is 5.56 Å². The van der Waals surface area contributed by atoms with Crippen LogP contribution >= 0.6 is 34.8 Å². The van der Waals surface area contributed by atoms with E-state index in [-0.39, 0.29) is 0 Å². The molecule has 0 fully saturated rings. The minimum absolute atomic E-state index is 0.400. The maximum Gasteiger partial charge on any atom is 0.185 e. The smallest absolute Gasteiger partial charge is 0.185 e. The third kappa shape index (κ3) is 4.85. The van der Waals surface area contributed by atoms with Crippen molar-refractivity contribution in [1.82, 2.24) is 4.98 Å². The van der Waals surface area contributed by atoms with Gasteiger partial charge in [0.1, 0.15) is 5.15 Å². The monoisotopic (exact) mass is 283 g/mol. The highest BCUT2D eigenvalue weighted by Gasteiger charge is 2.12. The third-order valence-electron chi connectivity index (χ3n) is 1.72. The number of nitrogens with zero attached hydrogens (tertiary/aromatic N) is 1. The van der Waals surface area contributed by atoms with Gasteiger partial charge in [-0.1, -0.05) is 11.6 Å². The van der Waals surface area contributed by atoms with Crippen molar-refractivity contribution in [1.29, 1.82) is 0 Å². The molecule has 0 aromatic carbocycles. The van der Waals surface area contributed by atoms with Crippen molar-refractivity contribution in [3.63, 3.8) is 0 Å². The Kier molecular flexibility index (Phi) is 7.08. The summed E-state index contributed by atoms with van der Waals surface area (Å²) in [5.74, 6) is 0.809. The molecule has 16 heavy (non-hydrogen) atoms. The van der Waals surface area contributed by atoms with Crippen LogP contribution in [0.15, 0.2) is 18.3 Å². The van der Waals surface area contributed by atoms with E-state index in [4.69, 9.17) is 44.3 Å². The highest BCUT2D eigenvalue weighted by molar-refractivity contribution is 6.29. The summed E-state index contributed by atoms with van der Waals surface area (Å²) in [4.78, 5) is 3.96. The molecule has 1 heterocycles. The van der Waals surface area contributed by atoms with Crippen molar-refractivity contribution >= 4 is 34.8 Å². The molecule has 0 N–H and O–H groups in total. The normalized spacial score (nSPS) is 11.0. The Morgan fingerprint density at radius 3 is 2.19 bits per heavy atom. The molecular formula is C10H12Cl3NO2. The van der Waals surface area contributed by atoms with Gasteiger partial charge in [-0.05, 0) is 12.1 Å². The summed E-state index contributed by atoms with van der Waals surface area (Å²) in [5.41, 5.74) is 0.791. The summed E-state index contributed by atoms with van der Waals surface area (Å²) in [6, 6.07) is 3.47. The van der Waals surface area contributed by atoms with Gasteiger partial charge in [-0.2, -0.15) is 0 Å². The summed E-state index contributed by atoms with van der Waals surface area (Å²) in [7, 11) is 0. The number of aromatic nitrogens is 1. The second kappa shape index (κ2) is 8.09. The SMILES string of the molecule is ClCCOC(OCCCl)c1ccc(Cl)nc1. The lowest BCUT2D eigenvalue weighted by Crippen LogP contribution is -2.12. The van der Waals surface area contributed by atoms with E-state index in [2.05, 4.69) is 4.98 Å². The molecule has 0 spiro atoms. The van der Waals surface area contributed by atoms with E-state index >= 15 is 0 Å². The van der Waals surface area contributed by atoms with Crippen molar-refractivity contribution in [2.24, 2.45) is 0 Å². The summed E-state index contributed by atoms with van der Waals surface area (Å²) in [6.45, 7) is 0.800. The molecule has 0 bridgehead atoms. The average Bonchev–Trinajstić information content (AvgIpc) is 2.31. The van der Waals surface area contributed by atoms with Gasteiger partial charge in [0.2, 0.25) is 0 Å². The zero-order valence-electron chi connectivity index (χ0n) is 8.54. The summed E-state index contributed by atoms with van der Waals surface area (Å²) in [5, 5.41) is 0.428. The van der Waals surface area contributed by atoms with E-state index in [1.807, 2.05) is 0 Å². The van der Waals surface area contributed by atoms with Crippen LogP contribution in [0.25, 0.3) is 0 Å². The van der Waals surface area contributed by atoms with Crippen molar-refractivity contribution in [2.75, 3.05) is 25.0 Å². The minimum Gasteiger partial charge on any atom is -0.347 e. The van der Waals surface area contributed by atoms with Crippen LogP contribution < -0.4 is 0 Å². The Morgan fingerprint density at radius 2 is 1.75 bits per heavy atom. The fraction of sp³-hybridized carbons (Fsp3) is 0.500. The van der Waals surface area contributed by atoms with Crippen molar-refractivity contribution < 1.29 is 9.47 Å². The van der Waals surface area contributed by atoms with E-state index in [0.29, 0.717) is 30.1 Å². The van der Waals surface area contributed by atoms with Gasteiger partial charge >= 0.3 is 0 Å². The highest BCUT2D eigenvalue weighted by atomic mass is 35.5. The lowest BCUT2D eigenvalue weighted by atomic mass is 10.3. The molecule has 0 aliphatic carbocycles.